The van der Waals surface area contributed by atoms with Gasteiger partial charge in [0.15, 0.2) is 11.6 Å². The summed E-state index contributed by atoms with van der Waals surface area (Å²) in [4.78, 5) is 10.7. The lowest BCUT2D eigenvalue weighted by Crippen LogP contribution is -2.32. The Kier molecular flexibility index (Phi) is 5.99. The van der Waals surface area contributed by atoms with Crippen molar-refractivity contribution in [3.05, 3.63) is 29.8 Å². The van der Waals surface area contributed by atoms with Crippen molar-refractivity contribution < 1.29 is 27.1 Å². The normalized spacial score (nSPS) is 11.3. The summed E-state index contributed by atoms with van der Waals surface area (Å²) in [5.41, 5.74) is 0. The summed E-state index contributed by atoms with van der Waals surface area (Å²) in [6.45, 7) is -0.334. The van der Waals surface area contributed by atoms with Crippen molar-refractivity contribution in [1.29, 1.82) is 0 Å². The van der Waals surface area contributed by atoms with Gasteiger partial charge in [0.2, 0.25) is 15.9 Å². The van der Waals surface area contributed by atoms with E-state index in [1.54, 1.807) is 0 Å². The number of halogens is 2. The minimum atomic E-state index is -4.00. The van der Waals surface area contributed by atoms with Gasteiger partial charge in [-0.3, -0.25) is 4.79 Å². The van der Waals surface area contributed by atoms with E-state index in [0.717, 1.165) is 6.07 Å². The number of carbonyl (C=O) groups excluding carboxylic acids is 1. The summed E-state index contributed by atoms with van der Waals surface area (Å²) in [6, 6.07) is 2.19. The molecule has 0 saturated carbocycles. The third-order valence-electron chi connectivity index (χ3n) is 2.28. The van der Waals surface area contributed by atoms with Gasteiger partial charge in [0.05, 0.1) is 11.5 Å². The Hall–Kier alpha value is -1.58. The number of benzene rings is 1. The number of hydrogen-bond acceptors (Lipinski definition) is 4. The predicted octanol–water partition coefficient (Wildman–Crippen LogP) is -0.258. The first-order valence-electron chi connectivity index (χ1n) is 5.69. The second kappa shape index (κ2) is 7.27. The molecule has 0 heterocycles. The quantitative estimate of drug-likeness (QED) is 0.647. The fourth-order valence-corrected chi connectivity index (χ4v) is 2.35. The maximum Gasteiger partial charge on any atom is 0.240 e. The van der Waals surface area contributed by atoms with Crippen molar-refractivity contribution >= 4 is 15.9 Å². The molecule has 1 amide bonds. The molecule has 0 aromatic heterocycles. The lowest BCUT2D eigenvalue weighted by molar-refractivity contribution is -0.121. The fourth-order valence-electron chi connectivity index (χ4n) is 1.31. The van der Waals surface area contributed by atoms with Crippen LogP contribution in [0.15, 0.2) is 23.1 Å². The monoisotopic (exact) mass is 308 g/mol. The zero-order valence-electron chi connectivity index (χ0n) is 10.4. The molecule has 6 nitrogen and oxygen atoms in total. The molecule has 0 spiro atoms. The molecule has 3 N–H and O–H groups in total. The van der Waals surface area contributed by atoms with Crippen molar-refractivity contribution in [2.75, 3.05) is 19.7 Å². The Labute approximate surface area is 114 Å². The second-order valence-electron chi connectivity index (χ2n) is 3.80. The van der Waals surface area contributed by atoms with Crippen LogP contribution in [-0.2, 0) is 14.8 Å². The van der Waals surface area contributed by atoms with Gasteiger partial charge < -0.3 is 10.4 Å². The Morgan fingerprint density at radius 3 is 2.50 bits per heavy atom. The van der Waals surface area contributed by atoms with Gasteiger partial charge in [-0.05, 0) is 18.2 Å². The number of nitrogens with one attached hydrogen (secondary N) is 2. The van der Waals surface area contributed by atoms with Crippen LogP contribution in [0.5, 0.6) is 0 Å². The van der Waals surface area contributed by atoms with Gasteiger partial charge in [-0.1, -0.05) is 0 Å². The molecule has 9 heteroatoms. The molecule has 20 heavy (non-hydrogen) atoms. The molecular weight excluding hydrogens is 294 g/mol. The molecule has 0 aliphatic rings. The Bertz CT molecular complexity index is 578. The molecule has 0 saturated heterocycles. The number of amides is 1. The zero-order chi connectivity index (χ0) is 15.2. The number of aliphatic hydroxyl groups excluding tert-OH is 1. The van der Waals surface area contributed by atoms with Crippen LogP contribution in [-0.4, -0.2) is 39.1 Å². The number of rotatable bonds is 7. The van der Waals surface area contributed by atoms with Gasteiger partial charge in [-0.25, -0.2) is 21.9 Å². The molecule has 0 aliphatic heterocycles. The molecular formula is C11H14F2N2O4S. The fraction of sp³-hybridized carbons (Fsp3) is 0.364. The lowest BCUT2D eigenvalue weighted by Gasteiger charge is -2.07. The van der Waals surface area contributed by atoms with Crippen molar-refractivity contribution in [2.24, 2.45) is 0 Å². The first-order chi connectivity index (χ1) is 9.36. The molecule has 0 radical (unpaired) electrons. The van der Waals surface area contributed by atoms with Crippen LogP contribution in [0.2, 0.25) is 0 Å². The zero-order valence-corrected chi connectivity index (χ0v) is 11.2. The van der Waals surface area contributed by atoms with Crippen LogP contribution in [0, 0.1) is 11.6 Å². The number of aliphatic hydroxyl groups is 1. The highest BCUT2D eigenvalue weighted by atomic mass is 32.2. The number of sulfonamides is 1. The Morgan fingerprint density at radius 1 is 1.20 bits per heavy atom. The molecule has 0 fully saturated rings. The molecule has 0 atom stereocenters. The highest BCUT2D eigenvalue weighted by Gasteiger charge is 2.16. The molecule has 0 unspecified atom stereocenters. The number of hydrogen-bond donors (Lipinski definition) is 3. The maximum absolute atomic E-state index is 12.9. The highest BCUT2D eigenvalue weighted by Crippen LogP contribution is 2.13. The Morgan fingerprint density at radius 2 is 1.90 bits per heavy atom. The first kappa shape index (κ1) is 16.5. The summed E-state index contributed by atoms with van der Waals surface area (Å²) >= 11 is 0. The summed E-state index contributed by atoms with van der Waals surface area (Å²) in [7, 11) is -4.00. The molecule has 1 rings (SSSR count). The van der Waals surface area contributed by atoms with E-state index in [9.17, 15) is 22.0 Å². The number of carbonyl (C=O) groups is 1. The van der Waals surface area contributed by atoms with E-state index in [4.69, 9.17) is 5.11 Å². The van der Waals surface area contributed by atoms with Gasteiger partial charge in [0, 0.05) is 19.5 Å². The van der Waals surface area contributed by atoms with Crippen LogP contribution < -0.4 is 10.0 Å². The first-order valence-corrected chi connectivity index (χ1v) is 7.17. The van der Waals surface area contributed by atoms with Crippen LogP contribution >= 0.6 is 0 Å². The lowest BCUT2D eigenvalue weighted by atomic mass is 10.3. The van der Waals surface area contributed by atoms with E-state index in [0.29, 0.717) is 12.1 Å². The average Bonchev–Trinajstić information content (AvgIpc) is 2.39. The molecule has 0 aliphatic carbocycles. The third kappa shape index (κ3) is 4.83. The van der Waals surface area contributed by atoms with Gasteiger partial charge in [-0.15, -0.1) is 0 Å². The topological polar surface area (TPSA) is 95.5 Å². The molecule has 1 aromatic rings. The maximum atomic E-state index is 12.9. The van der Waals surface area contributed by atoms with Gasteiger partial charge >= 0.3 is 0 Å². The summed E-state index contributed by atoms with van der Waals surface area (Å²) in [5, 5.41) is 10.8. The van der Waals surface area contributed by atoms with Crippen molar-refractivity contribution in [3.8, 4) is 0 Å². The van der Waals surface area contributed by atoms with Crippen molar-refractivity contribution in [2.45, 2.75) is 11.3 Å². The van der Waals surface area contributed by atoms with Gasteiger partial charge in [0.1, 0.15) is 0 Å². The summed E-state index contributed by atoms with van der Waals surface area (Å²) in [5.74, 6) is -2.85. The second-order valence-corrected chi connectivity index (χ2v) is 5.56. The minimum absolute atomic E-state index is 0.0781. The predicted molar refractivity (Wildman–Crippen MR) is 66.3 cm³/mol. The van der Waals surface area contributed by atoms with Gasteiger partial charge in [0.25, 0.3) is 0 Å². The summed E-state index contributed by atoms with van der Waals surface area (Å²) < 4.78 is 51.2. The minimum Gasteiger partial charge on any atom is -0.395 e. The summed E-state index contributed by atoms with van der Waals surface area (Å²) in [6.07, 6.45) is -0.136. The van der Waals surface area contributed by atoms with Crippen LogP contribution in [0.25, 0.3) is 0 Å². The van der Waals surface area contributed by atoms with Crippen molar-refractivity contribution in [3.63, 3.8) is 0 Å². The average molecular weight is 308 g/mol. The van der Waals surface area contributed by atoms with E-state index >= 15 is 0 Å². The van der Waals surface area contributed by atoms with Crippen LogP contribution in [0.1, 0.15) is 6.42 Å². The van der Waals surface area contributed by atoms with E-state index in [-0.39, 0.29) is 26.1 Å². The van der Waals surface area contributed by atoms with E-state index in [1.807, 2.05) is 0 Å². The van der Waals surface area contributed by atoms with Gasteiger partial charge in [-0.2, -0.15) is 0 Å². The standard InChI is InChI=1S/C11H14F2N2O4S/c12-9-2-1-8(7-10(9)13)20(18,19)15-4-3-11(17)14-5-6-16/h1-2,7,15-16H,3-6H2,(H,14,17). The smallest absolute Gasteiger partial charge is 0.240 e. The van der Waals surface area contributed by atoms with E-state index < -0.39 is 32.5 Å². The largest absolute Gasteiger partial charge is 0.395 e. The van der Waals surface area contributed by atoms with Crippen LogP contribution in [0.4, 0.5) is 8.78 Å². The van der Waals surface area contributed by atoms with E-state index in [2.05, 4.69) is 10.0 Å². The third-order valence-corrected chi connectivity index (χ3v) is 3.74. The molecule has 1 aromatic carbocycles. The Balaban J connectivity index is 2.57. The highest BCUT2D eigenvalue weighted by molar-refractivity contribution is 7.89. The van der Waals surface area contributed by atoms with Crippen molar-refractivity contribution in [1.82, 2.24) is 10.0 Å². The van der Waals surface area contributed by atoms with E-state index in [1.165, 1.54) is 0 Å². The molecule has 0 bridgehead atoms. The van der Waals surface area contributed by atoms with Crippen LogP contribution in [0.3, 0.4) is 0 Å². The molecule has 112 valence electrons. The SMILES string of the molecule is O=C(CCNS(=O)(=O)c1ccc(F)c(F)c1)NCCO.